The van der Waals surface area contributed by atoms with Crippen LogP contribution < -0.4 is 5.73 Å². The Morgan fingerprint density at radius 3 is 2.38 bits per heavy atom. The highest BCUT2D eigenvalue weighted by Crippen LogP contribution is 2.38. The first-order valence-corrected chi connectivity index (χ1v) is 10.3. The molecule has 2 aromatic rings. The van der Waals surface area contributed by atoms with E-state index in [2.05, 4.69) is 37.9 Å². The highest BCUT2D eigenvalue weighted by molar-refractivity contribution is 5.83. The van der Waals surface area contributed by atoms with Gasteiger partial charge in [-0.2, -0.15) is 0 Å². The summed E-state index contributed by atoms with van der Waals surface area (Å²) in [5, 5.41) is 0. The molecular weight excluding hydrogens is 362 g/mol. The fourth-order valence-electron chi connectivity index (χ4n) is 4.10. The van der Waals surface area contributed by atoms with Crippen molar-refractivity contribution >= 4 is 11.8 Å². The highest BCUT2D eigenvalue weighted by atomic mass is 16.2. The number of rotatable bonds is 5. The maximum atomic E-state index is 12.6. The molecule has 0 radical (unpaired) electrons. The van der Waals surface area contributed by atoms with Gasteiger partial charge >= 0.3 is 0 Å². The molecule has 1 aromatic heterocycles. The molecule has 0 aliphatic carbocycles. The van der Waals surface area contributed by atoms with Crippen LogP contribution in [0.25, 0.3) is 11.1 Å². The van der Waals surface area contributed by atoms with Gasteiger partial charge in [0.25, 0.3) is 0 Å². The van der Waals surface area contributed by atoms with Crippen molar-refractivity contribution in [1.82, 2.24) is 9.88 Å². The Morgan fingerprint density at radius 1 is 1.10 bits per heavy atom. The second-order valence-electron chi connectivity index (χ2n) is 9.34. The Balaban J connectivity index is 1.79. The smallest absolute Gasteiger partial charge is 0.224 e. The molecule has 0 bridgehead atoms. The van der Waals surface area contributed by atoms with Crippen LogP contribution in [0.4, 0.5) is 0 Å². The van der Waals surface area contributed by atoms with Crippen LogP contribution in [0.2, 0.25) is 0 Å². The number of amides is 2. The van der Waals surface area contributed by atoms with Crippen molar-refractivity contribution in [3.63, 3.8) is 0 Å². The van der Waals surface area contributed by atoms with Gasteiger partial charge in [-0.05, 0) is 41.9 Å². The summed E-state index contributed by atoms with van der Waals surface area (Å²) in [4.78, 5) is 31.2. The summed E-state index contributed by atoms with van der Waals surface area (Å²) in [6.45, 7) is 7.35. The fraction of sp³-hybridized carbons (Fsp3) is 0.458. The molecule has 1 aromatic carbocycles. The minimum Gasteiger partial charge on any atom is -0.369 e. The quantitative estimate of drug-likeness (QED) is 0.839. The van der Waals surface area contributed by atoms with Crippen molar-refractivity contribution < 1.29 is 9.59 Å². The number of aromatic nitrogens is 1. The summed E-state index contributed by atoms with van der Waals surface area (Å²) in [5.74, 6) is -0.118. The Kier molecular flexibility index (Phi) is 6.06. The summed E-state index contributed by atoms with van der Waals surface area (Å²) in [6, 6.07) is 12.0. The van der Waals surface area contributed by atoms with Crippen LogP contribution in [-0.2, 0) is 16.0 Å². The van der Waals surface area contributed by atoms with Crippen LogP contribution >= 0.6 is 0 Å². The molecule has 2 amide bonds. The van der Waals surface area contributed by atoms with E-state index < -0.39 is 5.41 Å². The van der Waals surface area contributed by atoms with Crippen LogP contribution in [0.1, 0.15) is 45.6 Å². The van der Waals surface area contributed by atoms with Gasteiger partial charge < -0.3 is 10.6 Å². The van der Waals surface area contributed by atoms with Gasteiger partial charge in [-0.15, -0.1) is 0 Å². The largest absolute Gasteiger partial charge is 0.369 e. The molecule has 1 aliphatic rings. The van der Waals surface area contributed by atoms with Crippen LogP contribution in [0, 0.1) is 10.8 Å². The van der Waals surface area contributed by atoms with E-state index in [1.807, 2.05) is 35.4 Å². The second kappa shape index (κ2) is 8.36. The number of nitrogens with two attached hydrogens (primary N) is 1. The van der Waals surface area contributed by atoms with Crippen LogP contribution in [0.5, 0.6) is 0 Å². The molecular formula is C24H31N3O2. The van der Waals surface area contributed by atoms with Crippen molar-refractivity contribution in [1.29, 1.82) is 0 Å². The number of benzene rings is 1. The number of primary amides is 1. The fourth-order valence-corrected chi connectivity index (χ4v) is 4.10. The van der Waals surface area contributed by atoms with Crippen molar-refractivity contribution in [3.05, 3.63) is 54.4 Å². The lowest BCUT2D eigenvalue weighted by molar-refractivity contribution is -0.140. The Hall–Kier alpha value is -2.69. The third kappa shape index (κ3) is 5.03. The van der Waals surface area contributed by atoms with Gasteiger partial charge in [-0.25, -0.2) is 0 Å². The van der Waals surface area contributed by atoms with E-state index in [4.69, 9.17) is 5.73 Å². The van der Waals surface area contributed by atoms with Crippen LogP contribution in [-0.4, -0.2) is 34.8 Å². The summed E-state index contributed by atoms with van der Waals surface area (Å²) >= 11 is 0. The number of piperidine rings is 1. The maximum absolute atomic E-state index is 12.6. The number of hydrogen-bond acceptors (Lipinski definition) is 3. The first kappa shape index (κ1) is 21.0. The van der Waals surface area contributed by atoms with Gasteiger partial charge in [-0.3, -0.25) is 14.6 Å². The Morgan fingerprint density at radius 2 is 1.79 bits per heavy atom. The molecule has 5 heteroatoms. The third-order valence-electron chi connectivity index (χ3n) is 5.80. The van der Waals surface area contributed by atoms with Gasteiger partial charge in [0.15, 0.2) is 0 Å². The zero-order valence-corrected chi connectivity index (χ0v) is 17.6. The number of pyridine rings is 1. The summed E-state index contributed by atoms with van der Waals surface area (Å²) in [5.41, 5.74) is 8.43. The van der Waals surface area contributed by atoms with E-state index in [-0.39, 0.29) is 17.2 Å². The molecule has 29 heavy (non-hydrogen) atoms. The second-order valence-corrected chi connectivity index (χ2v) is 9.34. The monoisotopic (exact) mass is 393 g/mol. The van der Waals surface area contributed by atoms with Gasteiger partial charge in [0.1, 0.15) is 0 Å². The SMILES string of the molecule is CC(C)(C)CC(=O)N1CCC(Cc2ccccc2-c2cccnc2)(C(N)=O)CC1. The number of hydrogen-bond donors (Lipinski definition) is 1. The molecule has 154 valence electrons. The van der Waals surface area contributed by atoms with Crippen molar-refractivity contribution in [3.8, 4) is 11.1 Å². The Bertz CT molecular complexity index is 863. The van der Waals surface area contributed by atoms with Crippen molar-refractivity contribution in [2.45, 2.75) is 46.5 Å². The average Bonchev–Trinajstić information content (AvgIpc) is 2.68. The van der Waals surface area contributed by atoms with Crippen LogP contribution in [0.3, 0.4) is 0 Å². The number of likely N-dealkylation sites (tertiary alicyclic amines) is 1. The zero-order valence-electron chi connectivity index (χ0n) is 17.6. The first-order valence-electron chi connectivity index (χ1n) is 10.3. The lowest BCUT2D eigenvalue weighted by Gasteiger charge is -2.40. The van der Waals surface area contributed by atoms with Gasteiger partial charge in [-0.1, -0.05) is 51.1 Å². The minimum atomic E-state index is -0.628. The average molecular weight is 394 g/mol. The number of nitrogens with zero attached hydrogens (tertiary/aromatic N) is 2. The van der Waals surface area contributed by atoms with Gasteiger partial charge in [0.2, 0.25) is 11.8 Å². The van der Waals surface area contributed by atoms with E-state index in [1.54, 1.807) is 6.20 Å². The van der Waals surface area contributed by atoms with E-state index in [0.717, 1.165) is 16.7 Å². The predicted molar refractivity (Wildman–Crippen MR) is 115 cm³/mol. The van der Waals surface area contributed by atoms with Gasteiger partial charge in [0, 0.05) is 37.5 Å². The number of carbonyl (C=O) groups is 2. The molecule has 1 fully saturated rings. The number of carbonyl (C=O) groups excluding carboxylic acids is 2. The van der Waals surface area contributed by atoms with E-state index in [9.17, 15) is 9.59 Å². The highest BCUT2D eigenvalue weighted by Gasteiger charge is 2.41. The lowest BCUT2D eigenvalue weighted by Crippen LogP contribution is -2.50. The molecule has 0 spiro atoms. The normalized spacial score (nSPS) is 16.4. The molecule has 3 rings (SSSR count). The molecule has 1 aliphatic heterocycles. The molecule has 2 heterocycles. The van der Waals surface area contributed by atoms with E-state index in [1.165, 1.54) is 0 Å². The summed E-state index contributed by atoms with van der Waals surface area (Å²) < 4.78 is 0. The van der Waals surface area contributed by atoms with Crippen LogP contribution in [0.15, 0.2) is 48.8 Å². The topological polar surface area (TPSA) is 76.3 Å². The predicted octanol–water partition coefficient (Wildman–Crippen LogP) is 3.82. The molecule has 0 atom stereocenters. The molecule has 1 saturated heterocycles. The standard InChI is InChI=1S/C24H31N3O2/c1-23(2,3)16-21(28)27-13-10-24(11-14-27,22(25)29)15-18-7-4-5-9-20(18)19-8-6-12-26-17-19/h4-9,12,17H,10-11,13-16H2,1-3H3,(H2,25,29). The lowest BCUT2D eigenvalue weighted by atomic mass is 9.72. The van der Waals surface area contributed by atoms with Crippen molar-refractivity contribution in [2.24, 2.45) is 16.6 Å². The first-order chi connectivity index (χ1) is 13.7. The van der Waals surface area contributed by atoms with E-state index >= 15 is 0 Å². The molecule has 0 unspecified atom stereocenters. The molecule has 2 N–H and O–H groups in total. The minimum absolute atomic E-state index is 0.0437. The molecule has 5 nitrogen and oxygen atoms in total. The molecule has 0 saturated carbocycles. The maximum Gasteiger partial charge on any atom is 0.224 e. The van der Waals surface area contributed by atoms with Gasteiger partial charge in [0.05, 0.1) is 5.41 Å². The van der Waals surface area contributed by atoms with E-state index in [0.29, 0.717) is 38.8 Å². The Labute approximate surface area is 173 Å². The summed E-state index contributed by atoms with van der Waals surface area (Å²) in [6.07, 6.45) is 5.87. The van der Waals surface area contributed by atoms with Crippen molar-refractivity contribution in [2.75, 3.05) is 13.1 Å². The zero-order chi connectivity index (χ0) is 21.1. The summed E-state index contributed by atoms with van der Waals surface area (Å²) in [7, 11) is 0. The third-order valence-corrected chi connectivity index (χ3v) is 5.80.